The van der Waals surface area contributed by atoms with Gasteiger partial charge in [0.15, 0.2) is 0 Å². The molecule has 2 N–H and O–H groups in total. The minimum absolute atomic E-state index is 0.225. The van der Waals surface area contributed by atoms with Gasteiger partial charge in [-0.05, 0) is 44.7 Å². The fourth-order valence-electron chi connectivity index (χ4n) is 2.09. The average molecular weight is 283 g/mol. The largest absolute Gasteiger partial charge is 0.370 e. The highest BCUT2D eigenvalue weighted by Crippen LogP contribution is 2.32. The van der Waals surface area contributed by atoms with Crippen molar-refractivity contribution >= 4 is 15.8 Å². The van der Waals surface area contributed by atoms with Gasteiger partial charge in [-0.25, -0.2) is 18.1 Å². The summed E-state index contributed by atoms with van der Waals surface area (Å²) in [5.41, 5.74) is -0.280. The molecule has 1 saturated carbocycles. The highest BCUT2D eigenvalue weighted by molar-refractivity contribution is 7.89. The average Bonchev–Trinajstić information content (AvgIpc) is 2.34. The number of sulfonamides is 1. The van der Waals surface area contributed by atoms with Gasteiger partial charge in [-0.1, -0.05) is 6.92 Å². The van der Waals surface area contributed by atoms with Crippen LogP contribution in [0.1, 0.15) is 39.5 Å². The lowest BCUT2D eigenvalue weighted by Gasteiger charge is -2.38. The molecule has 1 heterocycles. The fraction of sp³-hybridized carbons (Fsp3) is 0.615. The molecule has 0 aromatic carbocycles. The van der Waals surface area contributed by atoms with E-state index in [4.69, 9.17) is 0 Å². The third kappa shape index (κ3) is 3.45. The zero-order chi connectivity index (χ0) is 13.9. The first-order valence-electron chi connectivity index (χ1n) is 6.69. The van der Waals surface area contributed by atoms with Gasteiger partial charge in [0.25, 0.3) is 0 Å². The summed E-state index contributed by atoms with van der Waals surface area (Å²) in [5.74, 6) is 0.704. The molecule has 0 radical (unpaired) electrons. The van der Waals surface area contributed by atoms with Crippen LogP contribution in [-0.2, 0) is 10.0 Å². The number of nitrogens with zero attached hydrogens (tertiary/aromatic N) is 1. The summed E-state index contributed by atoms with van der Waals surface area (Å²) in [4.78, 5) is 4.35. The molecule has 0 amide bonds. The van der Waals surface area contributed by atoms with Gasteiger partial charge >= 0.3 is 0 Å². The highest BCUT2D eigenvalue weighted by Gasteiger charge is 2.36. The molecule has 1 aliphatic rings. The van der Waals surface area contributed by atoms with Gasteiger partial charge in [-0.15, -0.1) is 0 Å². The maximum absolute atomic E-state index is 12.2. The Morgan fingerprint density at radius 3 is 2.58 bits per heavy atom. The summed E-state index contributed by atoms with van der Waals surface area (Å²) in [5, 5.41) is 3.12. The number of hydrogen-bond acceptors (Lipinski definition) is 4. The van der Waals surface area contributed by atoms with Crippen LogP contribution in [0.4, 0.5) is 5.82 Å². The third-order valence-electron chi connectivity index (χ3n) is 3.44. The molecule has 1 aromatic rings. The molecule has 19 heavy (non-hydrogen) atoms. The van der Waals surface area contributed by atoms with Gasteiger partial charge in [-0.3, -0.25) is 0 Å². The number of rotatable bonds is 6. The summed E-state index contributed by atoms with van der Waals surface area (Å²) >= 11 is 0. The molecular weight excluding hydrogens is 262 g/mol. The summed E-state index contributed by atoms with van der Waals surface area (Å²) in [7, 11) is -3.46. The van der Waals surface area contributed by atoms with Crippen molar-refractivity contribution in [3.63, 3.8) is 0 Å². The number of pyridine rings is 1. The van der Waals surface area contributed by atoms with Gasteiger partial charge in [-0.2, -0.15) is 0 Å². The van der Waals surface area contributed by atoms with Crippen LogP contribution < -0.4 is 10.0 Å². The quantitative estimate of drug-likeness (QED) is 0.839. The van der Waals surface area contributed by atoms with Gasteiger partial charge in [0.2, 0.25) is 10.0 Å². The van der Waals surface area contributed by atoms with Crippen LogP contribution in [0.3, 0.4) is 0 Å². The molecule has 0 spiro atoms. The number of aromatic nitrogens is 1. The minimum atomic E-state index is -3.46. The van der Waals surface area contributed by atoms with Crippen LogP contribution >= 0.6 is 0 Å². The molecule has 2 rings (SSSR count). The molecule has 0 atom stereocenters. The van der Waals surface area contributed by atoms with Gasteiger partial charge < -0.3 is 5.32 Å². The Kier molecular flexibility index (Phi) is 4.10. The Labute approximate surface area is 114 Å². The normalized spacial score (nSPS) is 17.8. The monoisotopic (exact) mass is 283 g/mol. The fourth-order valence-corrected chi connectivity index (χ4v) is 3.50. The second kappa shape index (κ2) is 5.46. The topological polar surface area (TPSA) is 71.1 Å². The SMILES string of the molecule is CCCNc1ccc(S(=O)(=O)NC2(C)CCC2)cn1. The Balaban J connectivity index is 2.08. The smallest absolute Gasteiger partial charge is 0.242 e. The number of anilines is 1. The Bertz CT molecular complexity index is 521. The van der Waals surface area contributed by atoms with E-state index in [0.29, 0.717) is 5.82 Å². The van der Waals surface area contributed by atoms with Gasteiger partial charge in [0, 0.05) is 18.3 Å². The van der Waals surface area contributed by atoms with Crippen molar-refractivity contribution in [2.45, 2.75) is 50.0 Å². The maximum Gasteiger partial charge on any atom is 0.242 e. The Morgan fingerprint density at radius 2 is 2.11 bits per heavy atom. The lowest BCUT2D eigenvalue weighted by atomic mass is 9.80. The second-order valence-electron chi connectivity index (χ2n) is 5.33. The number of nitrogens with one attached hydrogen (secondary N) is 2. The first-order valence-corrected chi connectivity index (χ1v) is 8.17. The Morgan fingerprint density at radius 1 is 1.37 bits per heavy atom. The maximum atomic E-state index is 12.2. The van der Waals surface area contributed by atoms with Gasteiger partial charge in [0.1, 0.15) is 10.7 Å². The minimum Gasteiger partial charge on any atom is -0.370 e. The molecule has 0 aliphatic heterocycles. The summed E-state index contributed by atoms with van der Waals surface area (Å²) in [6, 6.07) is 3.29. The zero-order valence-electron chi connectivity index (χ0n) is 11.4. The van der Waals surface area contributed by atoms with E-state index >= 15 is 0 Å². The van der Waals surface area contributed by atoms with Crippen LogP contribution in [0.5, 0.6) is 0 Å². The van der Waals surface area contributed by atoms with Crippen LogP contribution in [0.15, 0.2) is 23.2 Å². The van der Waals surface area contributed by atoms with Crippen molar-refractivity contribution in [3.8, 4) is 0 Å². The first-order chi connectivity index (χ1) is 8.95. The molecule has 6 heteroatoms. The zero-order valence-corrected chi connectivity index (χ0v) is 12.3. The molecule has 106 valence electrons. The predicted molar refractivity (Wildman–Crippen MR) is 75.6 cm³/mol. The lowest BCUT2D eigenvalue weighted by molar-refractivity contribution is 0.248. The second-order valence-corrected chi connectivity index (χ2v) is 7.01. The van der Waals surface area contributed by atoms with E-state index in [1.807, 2.05) is 6.92 Å². The molecule has 0 saturated heterocycles. The van der Waals surface area contributed by atoms with Crippen LogP contribution in [-0.4, -0.2) is 25.5 Å². The van der Waals surface area contributed by atoms with Crippen molar-refractivity contribution in [3.05, 3.63) is 18.3 Å². The number of hydrogen-bond donors (Lipinski definition) is 2. The van der Waals surface area contributed by atoms with Crippen molar-refractivity contribution < 1.29 is 8.42 Å². The lowest BCUT2D eigenvalue weighted by Crippen LogP contribution is -2.50. The first kappa shape index (κ1) is 14.3. The van der Waals surface area contributed by atoms with E-state index in [2.05, 4.69) is 21.9 Å². The van der Waals surface area contributed by atoms with Crippen LogP contribution in [0.2, 0.25) is 0 Å². The van der Waals surface area contributed by atoms with E-state index in [9.17, 15) is 8.42 Å². The molecule has 1 aliphatic carbocycles. The summed E-state index contributed by atoms with van der Waals surface area (Å²) in [6.45, 7) is 4.84. The third-order valence-corrected chi connectivity index (χ3v) is 5.06. The predicted octanol–water partition coefficient (Wildman–Crippen LogP) is 2.12. The molecular formula is C13H21N3O2S. The van der Waals surface area contributed by atoms with Crippen molar-refractivity contribution in [2.75, 3.05) is 11.9 Å². The highest BCUT2D eigenvalue weighted by atomic mass is 32.2. The molecule has 0 unspecified atom stereocenters. The standard InChI is InChI=1S/C13H21N3O2S/c1-3-9-14-12-6-5-11(10-15-12)19(17,18)16-13(2)7-4-8-13/h5-6,10,16H,3-4,7-9H2,1-2H3,(H,14,15). The molecule has 0 bridgehead atoms. The molecule has 1 aromatic heterocycles. The van der Waals surface area contributed by atoms with E-state index in [1.165, 1.54) is 6.20 Å². The van der Waals surface area contributed by atoms with Crippen molar-refractivity contribution in [2.24, 2.45) is 0 Å². The molecule has 1 fully saturated rings. The molecule has 5 nitrogen and oxygen atoms in total. The van der Waals surface area contributed by atoms with Gasteiger partial charge in [0.05, 0.1) is 0 Å². The van der Waals surface area contributed by atoms with E-state index in [-0.39, 0.29) is 10.4 Å². The van der Waals surface area contributed by atoms with Crippen LogP contribution in [0.25, 0.3) is 0 Å². The van der Waals surface area contributed by atoms with Crippen molar-refractivity contribution in [1.82, 2.24) is 9.71 Å². The summed E-state index contributed by atoms with van der Waals surface area (Å²) < 4.78 is 27.1. The Hall–Kier alpha value is -1.14. The van der Waals surface area contributed by atoms with E-state index in [1.54, 1.807) is 12.1 Å². The van der Waals surface area contributed by atoms with E-state index in [0.717, 1.165) is 32.2 Å². The van der Waals surface area contributed by atoms with E-state index < -0.39 is 10.0 Å². The van der Waals surface area contributed by atoms with Crippen LogP contribution in [0, 0.1) is 0 Å². The van der Waals surface area contributed by atoms with Crippen molar-refractivity contribution in [1.29, 1.82) is 0 Å². The summed E-state index contributed by atoms with van der Waals surface area (Å²) in [6.07, 6.45) is 5.28.